The van der Waals surface area contributed by atoms with Gasteiger partial charge in [-0.25, -0.2) is 15.0 Å². The molecule has 1 aliphatic rings. The highest BCUT2D eigenvalue weighted by atomic mass is 16.7. The number of nitrogens with two attached hydrogens (primary N) is 1. The van der Waals surface area contributed by atoms with E-state index in [-0.39, 0.29) is 6.79 Å². The van der Waals surface area contributed by atoms with Gasteiger partial charge in [0.05, 0.1) is 18.2 Å². The average Bonchev–Trinajstić information content (AvgIpc) is 3.21. The van der Waals surface area contributed by atoms with Crippen molar-refractivity contribution in [1.82, 2.24) is 15.0 Å². The van der Waals surface area contributed by atoms with Crippen LogP contribution >= 0.6 is 0 Å². The largest absolute Gasteiger partial charge is 0.497 e. The molecule has 0 spiro atoms. The van der Waals surface area contributed by atoms with Gasteiger partial charge in [-0.3, -0.25) is 0 Å². The zero-order valence-corrected chi connectivity index (χ0v) is 15.0. The fraction of sp³-hybridized carbons (Fsp3) is 0.0952. The molecule has 0 fully saturated rings. The molecule has 0 saturated heterocycles. The first-order valence-electron chi connectivity index (χ1n) is 8.68. The maximum absolute atomic E-state index is 6.16. The molecule has 0 aliphatic carbocycles. The smallest absolute Gasteiger partial charge is 0.231 e. The summed E-state index contributed by atoms with van der Waals surface area (Å²) < 4.78 is 16.2. The van der Waals surface area contributed by atoms with Crippen LogP contribution in [0.25, 0.3) is 33.4 Å². The molecule has 0 saturated carbocycles. The Morgan fingerprint density at radius 1 is 0.929 bits per heavy atom. The van der Waals surface area contributed by atoms with Crippen LogP contribution in [-0.4, -0.2) is 28.9 Å². The van der Waals surface area contributed by atoms with E-state index in [4.69, 9.17) is 24.9 Å². The van der Waals surface area contributed by atoms with Crippen LogP contribution in [0.5, 0.6) is 17.2 Å². The fourth-order valence-electron chi connectivity index (χ4n) is 3.29. The SMILES string of the molecule is COc1ccc(-c2cc(-c3ccc4c(c3)OCO4)nc3ncnc(N)c23)cc1. The van der Waals surface area contributed by atoms with E-state index in [0.29, 0.717) is 17.2 Å². The molecule has 7 heteroatoms. The summed E-state index contributed by atoms with van der Waals surface area (Å²) in [5.41, 5.74) is 10.2. The van der Waals surface area contributed by atoms with E-state index in [0.717, 1.165) is 39.3 Å². The molecule has 0 bridgehead atoms. The number of methoxy groups -OCH3 is 1. The lowest BCUT2D eigenvalue weighted by molar-refractivity contribution is 0.174. The van der Waals surface area contributed by atoms with Crippen molar-refractivity contribution in [1.29, 1.82) is 0 Å². The van der Waals surface area contributed by atoms with Crippen LogP contribution in [0.2, 0.25) is 0 Å². The summed E-state index contributed by atoms with van der Waals surface area (Å²) in [5.74, 6) is 2.60. The normalized spacial score (nSPS) is 12.3. The molecule has 0 atom stereocenters. The van der Waals surface area contributed by atoms with Gasteiger partial charge in [0.1, 0.15) is 17.9 Å². The molecule has 28 heavy (non-hydrogen) atoms. The summed E-state index contributed by atoms with van der Waals surface area (Å²) in [6, 6.07) is 15.5. The maximum atomic E-state index is 6.16. The van der Waals surface area contributed by atoms with Gasteiger partial charge < -0.3 is 19.9 Å². The number of nitrogen functional groups attached to an aromatic ring is 1. The molecule has 7 nitrogen and oxygen atoms in total. The van der Waals surface area contributed by atoms with Gasteiger partial charge in [0.15, 0.2) is 17.1 Å². The lowest BCUT2D eigenvalue weighted by Gasteiger charge is -2.12. The monoisotopic (exact) mass is 372 g/mol. The van der Waals surface area contributed by atoms with Gasteiger partial charge in [-0.2, -0.15) is 0 Å². The second kappa shape index (κ2) is 6.38. The zero-order chi connectivity index (χ0) is 19.1. The van der Waals surface area contributed by atoms with Crippen LogP contribution in [-0.2, 0) is 0 Å². The summed E-state index contributed by atoms with van der Waals surface area (Å²) in [5, 5.41) is 0.720. The minimum absolute atomic E-state index is 0.227. The maximum Gasteiger partial charge on any atom is 0.231 e. The minimum Gasteiger partial charge on any atom is -0.497 e. The Bertz CT molecular complexity index is 1190. The summed E-state index contributed by atoms with van der Waals surface area (Å²) in [7, 11) is 1.64. The summed E-state index contributed by atoms with van der Waals surface area (Å²) >= 11 is 0. The van der Waals surface area contributed by atoms with E-state index in [1.54, 1.807) is 7.11 Å². The van der Waals surface area contributed by atoms with E-state index in [9.17, 15) is 0 Å². The Morgan fingerprint density at radius 2 is 1.71 bits per heavy atom. The molecule has 2 aromatic heterocycles. The highest BCUT2D eigenvalue weighted by Crippen LogP contribution is 2.38. The average molecular weight is 372 g/mol. The number of hydrogen-bond donors (Lipinski definition) is 1. The topological polar surface area (TPSA) is 92.4 Å². The third-order valence-corrected chi connectivity index (χ3v) is 4.70. The molecule has 4 aromatic rings. The van der Waals surface area contributed by atoms with Crippen molar-refractivity contribution in [3.8, 4) is 39.6 Å². The molecule has 2 aromatic carbocycles. The van der Waals surface area contributed by atoms with Crippen LogP contribution in [0.4, 0.5) is 5.82 Å². The third kappa shape index (κ3) is 2.64. The zero-order valence-electron chi connectivity index (χ0n) is 15.0. The first-order valence-corrected chi connectivity index (χ1v) is 8.68. The Labute approximate surface area is 160 Å². The summed E-state index contributed by atoms with van der Waals surface area (Å²) in [4.78, 5) is 13.2. The van der Waals surface area contributed by atoms with Crippen LogP contribution in [0.1, 0.15) is 0 Å². The van der Waals surface area contributed by atoms with Crippen LogP contribution in [0.15, 0.2) is 54.9 Å². The summed E-state index contributed by atoms with van der Waals surface area (Å²) in [6.07, 6.45) is 1.42. The molecular weight excluding hydrogens is 356 g/mol. The van der Waals surface area contributed by atoms with Gasteiger partial charge in [0, 0.05) is 5.56 Å². The highest BCUT2D eigenvalue weighted by molar-refractivity contribution is 6.01. The molecule has 0 radical (unpaired) electrons. The summed E-state index contributed by atoms with van der Waals surface area (Å²) in [6.45, 7) is 0.227. The molecule has 5 rings (SSSR count). The number of anilines is 1. The second-order valence-electron chi connectivity index (χ2n) is 6.31. The Morgan fingerprint density at radius 3 is 2.54 bits per heavy atom. The number of hydrogen-bond acceptors (Lipinski definition) is 7. The van der Waals surface area contributed by atoms with Gasteiger partial charge in [-0.05, 0) is 47.5 Å². The number of aromatic nitrogens is 3. The molecule has 3 heterocycles. The number of rotatable bonds is 3. The molecular formula is C21H16N4O3. The van der Waals surface area contributed by atoms with E-state index in [1.807, 2.05) is 48.5 Å². The van der Waals surface area contributed by atoms with Crippen molar-refractivity contribution in [2.45, 2.75) is 0 Å². The van der Waals surface area contributed by atoms with E-state index in [2.05, 4.69) is 9.97 Å². The predicted molar refractivity (Wildman–Crippen MR) is 105 cm³/mol. The molecule has 0 amide bonds. The van der Waals surface area contributed by atoms with Crippen LogP contribution in [0.3, 0.4) is 0 Å². The van der Waals surface area contributed by atoms with Crippen LogP contribution < -0.4 is 19.9 Å². The van der Waals surface area contributed by atoms with Crippen molar-refractivity contribution < 1.29 is 14.2 Å². The molecule has 2 N–H and O–H groups in total. The quantitative estimate of drug-likeness (QED) is 0.586. The van der Waals surface area contributed by atoms with Crippen molar-refractivity contribution in [2.75, 3.05) is 19.6 Å². The fourth-order valence-corrected chi connectivity index (χ4v) is 3.29. The lowest BCUT2D eigenvalue weighted by Crippen LogP contribution is -1.98. The van der Waals surface area contributed by atoms with Gasteiger partial charge in [0.2, 0.25) is 6.79 Å². The molecule has 0 unspecified atom stereocenters. The number of fused-ring (bicyclic) bond motifs is 2. The third-order valence-electron chi connectivity index (χ3n) is 4.70. The Balaban J connectivity index is 1.73. The van der Waals surface area contributed by atoms with Crippen molar-refractivity contribution >= 4 is 16.9 Å². The minimum atomic E-state index is 0.227. The number of pyridine rings is 1. The standard InChI is InChI=1S/C21H16N4O3/c1-26-14-5-2-12(3-6-14)15-9-16(25-21-19(15)20(22)23-10-24-21)13-4-7-17-18(8-13)28-11-27-17/h2-10H,11H2,1H3,(H2,22,23,24,25). The van der Waals surface area contributed by atoms with Crippen LogP contribution in [0, 0.1) is 0 Å². The van der Waals surface area contributed by atoms with Gasteiger partial charge >= 0.3 is 0 Å². The first kappa shape index (κ1) is 16.3. The second-order valence-corrected chi connectivity index (χ2v) is 6.31. The number of benzene rings is 2. The number of nitrogens with zero attached hydrogens (tertiary/aromatic N) is 3. The Kier molecular flexibility index (Phi) is 3.72. The van der Waals surface area contributed by atoms with E-state index in [1.165, 1.54) is 6.33 Å². The highest BCUT2D eigenvalue weighted by Gasteiger charge is 2.17. The number of ether oxygens (including phenoxy) is 3. The van der Waals surface area contributed by atoms with E-state index < -0.39 is 0 Å². The van der Waals surface area contributed by atoms with Gasteiger partial charge in [-0.1, -0.05) is 12.1 Å². The van der Waals surface area contributed by atoms with Gasteiger partial charge in [0.25, 0.3) is 0 Å². The van der Waals surface area contributed by atoms with E-state index >= 15 is 0 Å². The molecule has 138 valence electrons. The first-order chi connectivity index (χ1) is 13.7. The van der Waals surface area contributed by atoms with Crippen molar-refractivity contribution in [2.24, 2.45) is 0 Å². The Hall–Kier alpha value is -3.87. The van der Waals surface area contributed by atoms with Gasteiger partial charge in [-0.15, -0.1) is 0 Å². The predicted octanol–water partition coefficient (Wildman–Crippen LogP) is 3.68. The lowest BCUT2D eigenvalue weighted by atomic mass is 9.99. The molecule has 1 aliphatic heterocycles. The van der Waals surface area contributed by atoms with Crippen molar-refractivity contribution in [3.05, 3.63) is 54.9 Å². The van der Waals surface area contributed by atoms with Crippen molar-refractivity contribution in [3.63, 3.8) is 0 Å².